The minimum Gasteiger partial charge on any atom is -0.479 e. The van der Waals surface area contributed by atoms with E-state index in [1.54, 1.807) is 29.2 Å². The van der Waals surface area contributed by atoms with Gasteiger partial charge in [-0.1, -0.05) is 11.6 Å². The summed E-state index contributed by atoms with van der Waals surface area (Å²) in [7, 11) is 0. The number of nitrogens with zero attached hydrogens (tertiary/aromatic N) is 3. The molecule has 1 unspecified atom stereocenters. The average molecular weight is 615 g/mol. The van der Waals surface area contributed by atoms with Crippen LogP contribution in [0.3, 0.4) is 0 Å². The Bertz CT molecular complexity index is 1230. The van der Waals surface area contributed by atoms with Crippen LogP contribution < -0.4 is 15.1 Å². The number of carboxylic acid groups (broad SMARTS) is 1. The van der Waals surface area contributed by atoms with Crippen molar-refractivity contribution >= 4 is 76.9 Å². The van der Waals surface area contributed by atoms with Gasteiger partial charge >= 0.3 is 12.1 Å². The first-order valence-electron chi connectivity index (χ1n) is 12.2. The largest absolute Gasteiger partial charge is 0.479 e. The highest BCUT2D eigenvalue weighted by molar-refractivity contribution is 7.18. The third kappa shape index (κ3) is 7.49. The molecule has 1 aromatic carbocycles. The summed E-state index contributed by atoms with van der Waals surface area (Å²) in [5, 5.41) is 12.7. The molecule has 0 aliphatic carbocycles. The van der Waals surface area contributed by atoms with Crippen LogP contribution in [0.4, 0.5) is 16.2 Å². The first-order chi connectivity index (χ1) is 18.8. The number of unbranched alkanes of at least 4 members (excludes halogenated alkanes) is 1. The van der Waals surface area contributed by atoms with E-state index < -0.39 is 30.2 Å². The zero-order chi connectivity index (χ0) is 27.9. The number of anilines is 2. The molecule has 2 atom stereocenters. The van der Waals surface area contributed by atoms with Crippen LogP contribution in [0.1, 0.15) is 22.5 Å². The summed E-state index contributed by atoms with van der Waals surface area (Å²) >= 11 is 7.00. The number of halogens is 2. The Hall–Kier alpha value is -3.23. The van der Waals surface area contributed by atoms with Crippen molar-refractivity contribution in [2.24, 2.45) is 0 Å². The Morgan fingerprint density at radius 1 is 1.18 bits per heavy atom. The lowest BCUT2D eigenvalue weighted by Crippen LogP contribution is -2.56. The number of hydrogen-bond donors (Lipinski definition) is 2. The third-order valence-electron chi connectivity index (χ3n) is 6.16. The Morgan fingerprint density at radius 3 is 2.48 bits per heavy atom. The highest BCUT2D eigenvalue weighted by Gasteiger charge is 2.38. The summed E-state index contributed by atoms with van der Waals surface area (Å²) < 4.78 is 11.0. The minimum absolute atomic E-state index is 0. The topological polar surface area (TPSA) is 146 Å². The summed E-state index contributed by atoms with van der Waals surface area (Å²) in [5.41, 5.74) is 1.20. The van der Waals surface area contributed by atoms with E-state index in [1.807, 2.05) is 0 Å². The van der Waals surface area contributed by atoms with Gasteiger partial charge in [0.25, 0.3) is 11.8 Å². The molecule has 2 aliphatic rings. The maximum Gasteiger partial charge on any atom is 0.414 e. The van der Waals surface area contributed by atoms with Crippen molar-refractivity contribution in [1.29, 1.82) is 0 Å². The third-order valence-corrected chi connectivity index (χ3v) is 7.38. The quantitative estimate of drug-likeness (QED) is 0.209. The number of cyclic esters (lactones) is 1. The number of aldehydes is 1. The van der Waals surface area contributed by atoms with Crippen molar-refractivity contribution < 1.29 is 38.6 Å². The average Bonchev–Trinajstić information content (AvgIpc) is 3.52. The number of benzene rings is 1. The molecule has 1 aromatic heterocycles. The fraction of sp³-hybridized carbons (Fsp3) is 0.400. The van der Waals surface area contributed by atoms with Gasteiger partial charge in [0.2, 0.25) is 0 Å². The van der Waals surface area contributed by atoms with Gasteiger partial charge in [0, 0.05) is 24.3 Å². The number of rotatable bonds is 12. The van der Waals surface area contributed by atoms with E-state index in [1.165, 1.54) is 17.0 Å². The molecular formula is C25H28Cl2N4O8S. The Balaban J connectivity index is 0.00000441. The summed E-state index contributed by atoms with van der Waals surface area (Å²) in [4.78, 5) is 65.3. The normalized spacial score (nSPS) is 17.7. The van der Waals surface area contributed by atoms with E-state index in [9.17, 15) is 29.1 Å². The number of carbonyl (C=O) groups excluding carboxylic acids is 4. The van der Waals surface area contributed by atoms with Crippen LogP contribution in [0, 0.1) is 0 Å². The maximum absolute atomic E-state index is 13.4. The second-order valence-electron chi connectivity index (χ2n) is 8.80. The molecule has 12 nitrogen and oxygen atoms in total. The van der Waals surface area contributed by atoms with E-state index in [4.69, 9.17) is 21.1 Å². The zero-order valence-corrected chi connectivity index (χ0v) is 23.6. The second-order valence-corrected chi connectivity index (χ2v) is 10.5. The minimum atomic E-state index is -1.43. The smallest absolute Gasteiger partial charge is 0.414 e. The molecule has 0 spiro atoms. The SMILES string of the molecule is Cl.O=CCCCNC(C(=O)O)N(C[C@H]1CN(c2ccc(N3CCOCC3=O)cc2)C(=O)O1)C(=O)c1ccc(Cl)s1. The number of nitrogens with one attached hydrogen (secondary N) is 1. The number of carbonyl (C=O) groups is 5. The van der Waals surface area contributed by atoms with Gasteiger partial charge in [0.05, 0.1) is 28.9 Å². The first-order valence-corrected chi connectivity index (χ1v) is 13.4. The Labute approximate surface area is 245 Å². The van der Waals surface area contributed by atoms with Crippen LogP contribution in [-0.4, -0.2) is 91.8 Å². The van der Waals surface area contributed by atoms with Crippen LogP contribution in [0.25, 0.3) is 0 Å². The molecule has 40 heavy (non-hydrogen) atoms. The van der Waals surface area contributed by atoms with Gasteiger partial charge in [-0.05, 0) is 49.4 Å². The van der Waals surface area contributed by atoms with Crippen molar-refractivity contribution in [2.75, 3.05) is 49.2 Å². The number of aliphatic carboxylic acids is 1. The Kier molecular flexibility index (Phi) is 11.3. The van der Waals surface area contributed by atoms with E-state index in [0.29, 0.717) is 35.3 Å². The summed E-state index contributed by atoms with van der Waals surface area (Å²) in [6, 6.07) is 9.86. The number of morpholine rings is 1. The zero-order valence-electron chi connectivity index (χ0n) is 21.2. The van der Waals surface area contributed by atoms with E-state index in [2.05, 4.69) is 5.32 Å². The molecule has 3 heterocycles. The van der Waals surface area contributed by atoms with E-state index in [0.717, 1.165) is 22.5 Å². The van der Waals surface area contributed by atoms with Crippen molar-refractivity contribution in [2.45, 2.75) is 25.1 Å². The van der Waals surface area contributed by atoms with Gasteiger partial charge < -0.3 is 29.2 Å². The maximum atomic E-state index is 13.4. The number of thiophene rings is 1. The van der Waals surface area contributed by atoms with Crippen LogP contribution in [0.2, 0.25) is 4.34 Å². The van der Waals surface area contributed by atoms with Gasteiger partial charge in [-0.15, -0.1) is 23.7 Å². The van der Waals surface area contributed by atoms with Gasteiger partial charge in [0.15, 0.2) is 6.17 Å². The summed E-state index contributed by atoms with van der Waals surface area (Å²) in [6.07, 6.45) is -1.54. The molecule has 2 aliphatic heterocycles. The lowest BCUT2D eigenvalue weighted by Gasteiger charge is -2.30. The van der Waals surface area contributed by atoms with E-state index in [-0.39, 0.29) is 55.9 Å². The predicted molar refractivity (Wildman–Crippen MR) is 150 cm³/mol. The molecule has 216 valence electrons. The molecule has 15 heteroatoms. The Morgan fingerprint density at radius 2 is 1.88 bits per heavy atom. The van der Waals surface area contributed by atoms with Crippen LogP contribution in [-0.2, 0) is 23.9 Å². The van der Waals surface area contributed by atoms with Crippen LogP contribution in [0.5, 0.6) is 0 Å². The highest BCUT2D eigenvalue weighted by atomic mass is 35.5. The van der Waals surface area contributed by atoms with Crippen LogP contribution >= 0.6 is 35.3 Å². The molecule has 3 amide bonds. The predicted octanol–water partition coefficient (Wildman–Crippen LogP) is 2.63. The number of carboxylic acids is 1. The van der Waals surface area contributed by atoms with Crippen LogP contribution in [0.15, 0.2) is 36.4 Å². The van der Waals surface area contributed by atoms with E-state index >= 15 is 0 Å². The molecule has 4 rings (SSSR count). The monoisotopic (exact) mass is 614 g/mol. The molecule has 0 saturated carbocycles. The number of ether oxygens (including phenoxy) is 2. The number of hydrogen-bond acceptors (Lipinski definition) is 9. The number of amides is 3. The molecule has 2 saturated heterocycles. The fourth-order valence-electron chi connectivity index (χ4n) is 4.28. The highest BCUT2D eigenvalue weighted by Crippen LogP contribution is 2.27. The fourth-order valence-corrected chi connectivity index (χ4v) is 5.28. The molecule has 0 radical (unpaired) electrons. The molecular weight excluding hydrogens is 587 g/mol. The molecule has 2 N–H and O–H groups in total. The molecule has 0 bridgehead atoms. The molecule has 2 aromatic rings. The van der Waals surface area contributed by atoms with Crippen molar-refractivity contribution in [3.05, 3.63) is 45.6 Å². The lowest BCUT2D eigenvalue weighted by atomic mass is 10.2. The van der Waals surface area contributed by atoms with Crippen molar-refractivity contribution in [3.63, 3.8) is 0 Å². The first kappa shape index (κ1) is 31.3. The summed E-state index contributed by atoms with van der Waals surface area (Å²) in [5.74, 6) is -2.04. The van der Waals surface area contributed by atoms with Crippen molar-refractivity contribution in [3.8, 4) is 0 Å². The van der Waals surface area contributed by atoms with Gasteiger partial charge in [-0.2, -0.15) is 0 Å². The standard InChI is InChI=1S/C25H27ClN4O8S.ClH/c26-20-8-7-19(39-20)23(33)30(22(24(34)35)27-9-1-2-11-31)14-18-13-29(25(36)38-18)17-5-3-16(4-6-17)28-10-12-37-15-21(28)32;/h3-8,11,18,22,27H,1-2,9-10,12-15H2,(H,34,35);1H/t18-,22?;/m1./s1. The van der Waals surface area contributed by atoms with Gasteiger partial charge in [0.1, 0.15) is 19.0 Å². The lowest BCUT2D eigenvalue weighted by molar-refractivity contribution is -0.144. The van der Waals surface area contributed by atoms with Gasteiger partial charge in [-0.25, -0.2) is 9.59 Å². The van der Waals surface area contributed by atoms with Gasteiger partial charge in [-0.3, -0.25) is 19.8 Å². The van der Waals surface area contributed by atoms with Crippen molar-refractivity contribution in [1.82, 2.24) is 10.2 Å². The second kappa shape index (κ2) is 14.4. The molecule has 2 fully saturated rings. The summed E-state index contributed by atoms with van der Waals surface area (Å²) in [6.45, 7) is 0.927.